The molecular formula is C27H26OP+. The lowest BCUT2D eigenvalue weighted by atomic mass is 10.1. The van der Waals surface area contributed by atoms with Gasteiger partial charge >= 0.3 is 0 Å². The highest BCUT2D eigenvalue weighted by Gasteiger charge is 2.46. The lowest BCUT2D eigenvalue weighted by Gasteiger charge is -2.29. The Morgan fingerprint density at radius 1 is 0.586 bits per heavy atom. The maximum Gasteiger partial charge on any atom is 0.126 e. The summed E-state index contributed by atoms with van der Waals surface area (Å²) in [5.74, 6) is 0.970. The predicted octanol–water partition coefficient (Wildman–Crippen LogP) is 5.50. The molecule has 0 bridgehead atoms. The van der Waals surface area contributed by atoms with Gasteiger partial charge < -0.3 is 4.74 Å². The molecule has 0 aliphatic carbocycles. The summed E-state index contributed by atoms with van der Waals surface area (Å²) in [5, 5.41) is 4.17. The molecule has 2 heteroatoms. The topological polar surface area (TPSA) is 9.23 Å². The first-order valence-electron chi connectivity index (χ1n) is 9.93. The first-order valence-corrected chi connectivity index (χ1v) is 11.9. The van der Waals surface area contributed by atoms with Crippen LogP contribution in [0.25, 0.3) is 0 Å². The van der Waals surface area contributed by atoms with Gasteiger partial charge in [-0.1, -0.05) is 66.7 Å². The van der Waals surface area contributed by atoms with Gasteiger partial charge in [0, 0.05) is 5.56 Å². The lowest BCUT2D eigenvalue weighted by Crippen LogP contribution is -2.32. The third kappa shape index (κ3) is 3.71. The van der Waals surface area contributed by atoms with E-state index in [1.165, 1.54) is 27.0 Å². The second-order valence-corrected chi connectivity index (χ2v) is 10.7. The Balaban J connectivity index is 2.04. The molecule has 0 spiro atoms. The van der Waals surface area contributed by atoms with Crippen molar-refractivity contribution in [3.05, 3.63) is 120 Å². The predicted molar refractivity (Wildman–Crippen MR) is 127 cm³/mol. The van der Waals surface area contributed by atoms with Crippen LogP contribution in [0.1, 0.15) is 11.1 Å². The van der Waals surface area contributed by atoms with Crippen LogP contribution < -0.4 is 20.7 Å². The van der Waals surface area contributed by atoms with Gasteiger partial charge in [-0.15, -0.1) is 0 Å². The van der Waals surface area contributed by atoms with E-state index in [2.05, 4.69) is 116 Å². The number of ether oxygens (including phenoxy) is 1. The minimum Gasteiger partial charge on any atom is -0.496 e. The highest BCUT2D eigenvalue weighted by molar-refractivity contribution is 7.95. The number of hydrogen-bond donors (Lipinski definition) is 0. The Morgan fingerprint density at radius 3 is 1.45 bits per heavy atom. The molecule has 0 amide bonds. The highest BCUT2D eigenvalue weighted by atomic mass is 31.2. The molecule has 4 rings (SSSR count). The van der Waals surface area contributed by atoms with Crippen molar-refractivity contribution in [2.24, 2.45) is 0 Å². The molecule has 29 heavy (non-hydrogen) atoms. The maximum absolute atomic E-state index is 5.80. The van der Waals surface area contributed by atoms with Crippen LogP contribution in [-0.2, 0) is 6.16 Å². The van der Waals surface area contributed by atoms with E-state index in [1.807, 2.05) is 0 Å². The lowest BCUT2D eigenvalue weighted by molar-refractivity contribution is 0.411. The summed E-state index contributed by atoms with van der Waals surface area (Å²) in [4.78, 5) is 0. The van der Waals surface area contributed by atoms with Crippen LogP contribution >= 0.6 is 7.26 Å². The van der Waals surface area contributed by atoms with Crippen LogP contribution in [0.15, 0.2) is 109 Å². The molecule has 1 nitrogen and oxygen atoms in total. The fraction of sp³-hybridized carbons (Fsp3) is 0.111. The fourth-order valence-corrected chi connectivity index (χ4v) is 8.44. The molecule has 0 aliphatic heterocycles. The molecular weight excluding hydrogens is 371 g/mol. The SMILES string of the molecule is COc1cccc(C)c1C[P+](c1ccccc1)(c1ccccc1)c1ccccc1. The van der Waals surface area contributed by atoms with Crippen molar-refractivity contribution in [3.8, 4) is 5.75 Å². The average Bonchev–Trinajstić information content (AvgIpc) is 2.80. The summed E-state index contributed by atoms with van der Waals surface area (Å²) in [6.45, 7) is 2.19. The van der Waals surface area contributed by atoms with E-state index in [1.54, 1.807) is 7.11 Å². The standard InChI is InChI=1S/C27H26OP/c1-22-13-12-20-27(28-2)26(22)21-29(23-14-6-3-7-15-23,24-16-8-4-9-17-24)25-18-10-5-11-19-25/h3-20H,21H2,1-2H3/q+1. The highest BCUT2D eigenvalue weighted by Crippen LogP contribution is 2.59. The van der Waals surface area contributed by atoms with E-state index in [0.717, 1.165) is 11.9 Å². The average molecular weight is 397 g/mol. The Labute approximate surface area is 174 Å². The zero-order valence-corrected chi connectivity index (χ0v) is 17.8. The number of methoxy groups -OCH3 is 1. The van der Waals surface area contributed by atoms with Crippen molar-refractivity contribution >= 4 is 23.2 Å². The summed E-state index contributed by atoms with van der Waals surface area (Å²) in [5.41, 5.74) is 2.57. The molecule has 0 radical (unpaired) electrons. The van der Waals surface area contributed by atoms with Crippen LogP contribution in [0, 0.1) is 6.92 Å². The summed E-state index contributed by atoms with van der Waals surface area (Å²) in [7, 11) is -0.152. The van der Waals surface area contributed by atoms with Crippen LogP contribution in [0.2, 0.25) is 0 Å². The van der Waals surface area contributed by atoms with Gasteiger partial charge in [-0.05, 0) is 55.0 Å². The smallest absolute Gasteiger partial charge is 0.126 e. The molecule has 0 saturated heterocycles. The Hall–Kier alpha value is -2.89. The van der Waals surface area contributed by atoms with E-state index >= 15 is 0 Å². The van der Waals surface area contributed by atoms with Gasteiger partial charge in [0.1, 0.15) is 35.1 Å². The minimum atomic E-state index is -1.92. The van der Waals surface area contributed by atoms with Crippen molar-refractivity contribution in [1.29, 1.82) is 0 Å². The first kappa shape index (κ1) is 19.4. The van der Waals surface area contributed by atoms with Crippen LogP contribution in [0.3, 0.4) is 0 Å². The molecule has 4 aromatic carbocycles. The van der Waals surface area contributed by atoms with Gasteiger partial charge in [-0.2, -0.15) is 0 Å². The van der Waals surface area contributed by atoms with Gasteiger partial charge in [0.05, 0.1) is 7.11 Å². The monoisotopic (exact) mass is 397 g/mol. The van der Waals surface area contributed by atoms with E-state index < -0.39 is 7.26 Å². The summed E-state index contributed by atoms with van der Waals surface area (Å²) in [6, 6.07) is 39.3. The van der Waals surface area contributed by atoms with Crippen LogP contribution in [0.5, 0.6) is 5.75 Å². The molecule has 0 aromatic heterocycles. The normalized spacial score (nSPS) is 11.2. The molecule has 0 fully saturated rings. The van der Waals surface area contributed by atoms with E-state index in [4.69, 9.17) is 4.74 Å². The van der Waals surface area contributed by atoms with Crippen molar-refractivity contribution in [3.63, 3.8) is 0 Å². The molecule has 144 valence electrons. The van der Waals surface area contributed by atoms with Crippen molar-refractivity contribution < 1.29 is 4.74 Å². The second-order valence-electron chi connectivity index (χ2n) is 7.23. The van der Waals surface area contributed by atoms with Crippen molar-refractivity contribution in [1.82, 2.24) is 0 Å². The summed E-state index contributed by atoms with van der Waals surface area (Å²) >= 11 is 0. The van der Waals surface area contributed by atoms with Crippen LogP contribution in [0.4, 0.5) is 0 Å². The number of hydrogen-bond acceptors (Lipinski definition) is 1. The van der Waals surface area contributed by atoms with Crippen LogP contribution in [-0.4, -0.2) is 7.11 Å². The van der Waals surface area contributed by atoms with Gasteiger partial charge in [-0.3, -0.25) is 0 Å². The minimum absolute atomic E-state index is 0.931. The zero-order valence-electron chi connectivity index (χ0n) is 17.0. The largest absolute Gasteiger partial charge is 0.496 e. The Bertz CT molecular complexity index is 963. The zero-order chi connectivity index (χ0) is 20.1. The third-order valence-corrected chi connectivity index (χ3v) is 9.90. The molecule has 4 aromatic rings. The molecule has 0 saturated carbocycles. The Kier molecular flexibility index (Phi) is 5.79. The maximum atomic E-state index is 5.80. The van der Waals surface area contributed by atoms with Gasteiger partial charge in [-0.25, -0.2) is 0 Å². The number of rotatable bonds is 6. The molecule has 0 unspecified atom stereocenters. The van der Waals surface area contributed by atoms with Gasteiger partial charge in [0.25, 0.3) is 0 Å². The molecule has 0 N–H and O–H groups in total. The van der Waals surface area contributed by atoms with E-state index in [-0.39, 0.29) is 0 Å². The first-order chi connectivity index (χ1) is 14.3. The van der Waals surface area contributed by atoms with Gasteiger partial charge in [0.15, 0.2) is 0 Å². The number of benzene rings is 4. The quantitative estimate of drug-likeness (QED) is 0.391. The molecule has 0 atom stereocenters. The van der Waals surface area contributed by atoms with Crippen molar-refractivity contribution in [2.45, 2.75) is 13.1 Å². The van der Waals surface area contributed by atoms with Crippen molar-refractivity contribution in [2.75, 3.05) is 7.11 Å². The molecule has 0 aliphatic rings. The fourth-order valence-electron chi connectivity index (χ4n) is 4.07. The summed E-state index contributed by atoms with van der Waals surface area (Å²) < 4.78 is 5.80. The van der Waals surface area contributed by atoms with Gasteiger partial charge in [0.2, 0.25) is 0 Å². The Morgan fingerprint density at radius 2 is 1.03 bits per heavy atom. The van der Waals surface area contributed by atoms with E-state index in [0.29, 0.717) is 0 Å². The third-order valence-electron chi connectivity index (χ3n) is 5.57. The molecule has 0 heterocycles. The second kappa shape index (κ2) is 8.64. The summed E-state index contributed by atoms with van der Waals surface area (Å²) in [6.07, 6.45) is 0.931. The van der Waals surface area contributed by atoms with E-state index in [9.17, 15) is 0 Å². The number of aryl methyl sites for hydroxylation is 1.